The van der Waals surface area contributed by atoms with Crippen LogP contribution in [0.15, 0.2) is 12.7 Å². The molecule has 0 nitrogen and oxygen atoms in total. The van der Waals surface area contributed by atoms with Crippen molar-refractivity contribution in [1.29, 1.82) is 0 Å². The molecule has 0 aromatic rings. The summed E-state index contributed by atoms with van der Waals surface area (Å²) in [6.45, 7) is 14.7. The van der Waals surface area contributed by atoms with Crippen molar-refractivity contribution in [3.63, 3.8) is 0 Å². The van der Waals surface area contributed by atoms with Gasteiger partial charge in [-0.3, -0.25) is 0 Å². The van der Waals surface area contributed by atoms with E-state index in [1.54, 1.807) is 0 Å². The fraction of sp³-hybridized carbons (Fsp3) is 0.846. The molecule has 0 heterocycles. The largest absolute Gasteiger partial charge is 0.103 e. The van der Waals surface area contributed by atoms with E-state index >= 15 is 0 Å². The molecule has 2 atom stereocenters. The Balaban J connectivity index is 0. The van der Waals surface area contributed by atoms with Crippen LogP contribution in [0.1, 0.15) is 60.3 Å². The van der Waals surface area contributed by atoms with E-state index < -0.39 is 0 Å². The summed E-state index contributed by atoms with van der Waals surface area (Å²) in [5, 5.41) is 0. The van der Waals surface area contributed by atoms with Crippen molar-refractivity contribution in [2.24, 2.45) is 11.8 Å². The first-order valence-corrected chi connectivity index (χ1v) is 5.87. The van der Waals surface area contributed by atoms with E-state index in [1.165, 1.54) is 25.7 Å². The Bertz CT molecular complexity index is 94.2. The van der Waals surface area contributed by atoms with Gasteiger partial charge < -0.3 is 0 Å². The van der Waals surface area contributed by atoms with Crippen LogP contribution in [0, 0.1) is 11.8 Å². The van der Waals surface area contributed by atoms with E-state index in [1.807, 2.05) is 19.9 Å². The molecule has 0 aromatic carbocycles. The maximum absolute atomic E-state index is 3.78. The van der Waals surface area contributed by atoms with E-state index in [4.69, 9.17) is 0 Å². The summed E-state index contributed by atoms with van der Waals surface area (Å²) in [5.74, 6) is 1.75. The molecule has 0 N–H and O–H groups in total. The van der Waals surface area contributed by atoms with Crippen molar-refractivity contribution in [1.82, 2.24) is 0 Å². The third-order valence-corrected chi connectivity index (χ3v) is 2.53. The van der Waals surface area contributed by atoms with Crippen LogP contribution in [0.2, 0.25) is 0 Å². The van der Waals surface area contributed by atoms with Gasteiger partial charge in [-0.2, -0.15) is 0 Å². The van der Waals surface area contributed by atoms with E-state index in [9.17, 15) is 0 Å². The van der Waals surface area contributed by atoms with E-state index in [0.29, 0.717) is 0 Å². The highest BCUT2D eigenvalue weighted by Crippen LogP contribution is 2.23. The molecule has 0 fully saturated rings. The second-order valence-corrected chi connectivity index (χ2v) is 3.46. The van der Waals surface area contributed by atoms with E-state index in [0.717, 1.165) is 11.8 Å². The molecule has 0 aliphatic rings. The summed E-state index contributed by atoms with van der Waals surface area (Å²) < 4.78 is 0. The molecular formula is C13H28. The normalized spacial score (nSPS) is 13.9. The minimum Gasteiger partial charge on any atom is -0.103 e. The molecule has 0 rings (SSSR count). The highest BCUT2D eigenvalue weighted by atomic mass is 14.2. The molecule has 0 saturated heterocycles. The van der Waals surface area contributed by atoms with Crippen LogP contribution in [0.25, 0.3) is 0 Å². The predicted molar refractivity (Wildman–Crippen MR) is 64.0 cm³/mol. The molecule has 0 saturated carbocycles. The van der Waals surface area contributed by atoms with Crippen molar-refractivity contribution in [3.8, 4) is 0 Å². The van der Waals surface area contributed by atoms with Crippen molar-refractivity contribution >= 4 is 0 Å². The van der Waals surface area contributed by atoms with Crippen LogP contribution in [-0.2, 0) is 0 Å². The SMILES string of the molecule is C=CC[C@H](C)C(CC)CCC.CC. The summed E-state index contributed by atoms with van der Waals surface area (Å²) in [6.07, 6.45) is 7.25. The fourth-order valence-electron chi connectivity index (χ4n) is 1.72. The van der Waals surface area contributed by atoms with Gasteiger partial charge in [-0.15, -0.1) is 6.58 Å². The first-order valence-electron chi connectivity index (χ1n) is 5.87. The molecule has 80 valence electrons. The van der Waals surface area contributed by atoms with Gasteiger partial charge in [0.1, 0.15) is 0 Å². The van der Waals surface area contributed by atoms with Crippen LogP contribution < -0.4 is 0 Å². The van der Waals surface area contributed by atoms with Crippen LogP contribution in [0.4, 0.5) is 0 Å². The molecule has 0 bridgehead atoms. The zero-order valence-corrected chi connectivity index (χ0v) is 10.3. The van der Waals surface area contributed by atoms with Gasteiger partial charge in [0.05, 0.1) is 0 Å². The maximum Gasteiger partial charge on any atom is -0.0325 e. The highest BCUT2D eigenvalue weighted by Gasteiger charge is 2.12. The number of rotatable bonds is 6. The molecule has 1 unspecified atom stereocenters. The van der Waals surface area contributed by atoms with Gasteiger partial charge in [0.2, 0.25) is 0 Å². The standard InChI is InChI=1S/C11H22.C2H6/c1-5-8-10(4)11(7-3)9-6-2;1-2/h5,10-11H,1,6-9H2,2-4H3;1-2H3/t10-,11?;/m0./s1. The minimum absolute atomic E-state index is 0.831. The first-order chi connectivity index (χ1) is 6.26. The van der Waals surface area contributed by atoms with Gasteiger partial charge in [0.15, 0.2) is 0 Å². The van der Waals surface area contributed by atoms with Crippen molar-refractivity contribution < 1.29 is 0 Å². The molecule has 0 aliphatic heterocycles. The first kappa shape index (κ1) is 15.2. The lowest BCUT2D eigenvalue weighted by atomic mass is 9.86. The zero-order chi connectivity index (χ0) is 10.7. The van der Waals surface area contributed by atoms with Crippen LogP contribution >= 0.6 is 0 Å². The van der Waals surface area contributed by atoms with Crippen molar-refractivity contribution in [3.05, 3.63) is 12.7 Å². The summed E-state index contributed by atoms with van der Waals surface area (Å²) in [5.41, 5.74) is 0. The van der Waals surface area contributed by atoms with Crippen LogP contribution in [0.3, 0.4) is 0 Å². The number of hydrogen-bond acceptors (Lipinski definition) is 0. The number of allylic oxidation sites excluding steroid dienone is 1. The Morgan fingerprint density at radius 3 is 2.08 bits per heavy atom. The predicted octanol–water partition coefficient (Wildman–Crippen LogP) is 5.05. The Kier molecular flexibility index (Phi) is 13.7. The fourth-order valence-corrected chi connectivity index (χ4v) is 1.72. The van der Waals surface area contributed by atoms with Gasteiger partial charge in [0, 0.05) is 0 Å². The minimum atomic E-state index is 0.831. The van der Waals surface area contributed by atoms with Crippen LogP contribution in [-0.4, -0.2) is 0 Å². The molecule has 0 heteroatoms. The summed E-state index contributed by atoms with van der Waals surface area (Å²) in [4.78, 5) is 0. The summed E-state index contributed by atoms with van der Waals surface area (Å²) >= 11 is 0. The summed E-state index contributed by atoms with van der Waals surface area (Å²) in [7, 11) is 0. The Morgan fingerprint density at radius 2 is 1.77 bits per heavy atom. The van der Waals surface area contributed by atoms with Crippen molar-refractivity contribution in [2.45, 2.75) is 60.3 Å². The van der Waals surface area contributed by atoms with E-state index in [2.05, 4.69) is 27.4 Å². The highest BCUT2D eigenvalue weighted by molar-refractivity contribution is 4.74. The number of hydrogen-bond donors (Lipinski definition) is 0. The lowest BCUT2D eigenvalue weighted by molar-refractivity contribution is 0.325. The second kappa shape index (κ2) is 11.7. The van der Waals surface area contributed by atoms with Gasteiger partial charge in [-0.1, -0.05) is 60.0 Å². The smallest absolute Gasteiger partial charge is 0.0325 e. The Morgan fingerprint density at radius 1 is 1.23 bits per heavy atom. The molecule has 0 aliphatic carbocycles. The lowest BCUT2D eigenvalue weighted by Gasteiger charge is -2.20. The molecule has 0 amide bonds. The monoisotopic (exact) mass is 184 g/mol. The molecule has 0 radical (unpaired) electrons. The second-order valence-electron chi connectivity index (χ2n) is 3.46. The molecule has 0 spiro atoms. The van der Waals surface area contributed by atoms with Gasteiger partial charge in [0.25, 0.3) is 0 Å². The maximum atomic E-state index is 3.78. The molecule has 0 aromatic heterocycles. The average molecular weight is 184 g/mol. The molecular weight excluding hydrogens is 156 g/mol. The van der Waals surface area contributed by atoms with Gasteiger partial charge >= 0.3 is 0 Å². The Hall–Kier alpha value is -0.260. The molecule has 13 heavy (non-hydrogen) atoms. The van der Waals surface area contributed by atoms with E-state index in [-0.39, 0.29) is 0 Å². The third kappa shape index (κ3) is 8.08. The quantitative estimate of drug-likeness (QED) is 0.507. The average Bonchev–Trinajstić information content (AvgIpc) is 2.17. The summed E-state index contributed by atoms with van der Waals surface area (Å²) in [6, 6.07) is 0. The van der Waals surface area contributed by atoms with Gasteiger partial charge in [-0.25, -0.2) is 0 Å². The topological polar surface area (TPSA) is 0 Å². The van der Waals surface area contributed by atoms with Crippen LogP contribution in [0.5, 0.6) is 0 Å². The van der Waals surface area contributed by atoms with Crippen molar-refractivity contribution in [2.75, 3.05) is 0 Å². The lowest BCUT2D eigenvalue weighted by Crippen LogP contribution is -2.09. The zero-order valence-electron chi connectivity index (χ0n) is 10.3. The Labute approximate surface area is 85.4 Å². The third-order valence-electron chi connectivity index (χ3n) is 2.53. The van der Waals surface area contributed by atoms with Gasteiger partial charge in [-0.05, 0) is 18.3 Å².